The standard InChI is InChI=1S/C21H27BrN2O2/c1-2-3-12-24-13-10-17(11-14-24)23-20(25)15-26-19-9-8-16-6-4-5-7-18(16)21(19)22/h4-9,17H,2-3,10-15H2,1H3,(H,23,25). The molecule has 2 aromatic carbocycles. The van der Waals surface area contributed by atoms with Crippen molar-refractivity contribution < 1.29 is 9.53 Å². The van der Waals surface area contributed by atoms with Crippen LogP contribution in [0.1, 0.15) is 32.6 Å². The van der Waals surface area contributed by atoms with Crippen LogP contribution in [0.4, 0.5) is 0 Å². The van der Waals surface area contributed by atoms with Crippen LogP contribution >= 0.6 is 15.9 Å². The lowest BCUT2D eigenvalue weighted by atomic mass is 10.0. The normalized spacial score (nSPS) is 15.9. The van der Waals surface area contributed by atoms with E-state index in [4.69, 9.17) is 4.74 Å². The Morgan fingerprint density at radius 3 is 2.77 bits per heavy atom. The van der Waals surface area contributed by atoms with Crippen LogP contribution in [0.2, 0.25) is 0 Å². The highest BCUT2D eigenvalue weighted by Crippen LogP contribution is 2.32. The molecule has 26 heavy (non-hydrogen) atoms. The highest BCUT2D eigenvalue weighted by Gasteiger charge is 2.20. The number of piperidine rings is 1. The molecular weight excluding hydrogens is 392 g/mol. The summed E-state index contributed by atoms with van der Waals surface area (Å²) in [4.78, 5) is 14.7. The Morgan fingerprint density at radius 1 is 1.23 bits per heavy atom. The van der Waals surface area contributed by atoms with Crippen molar-refractivity contribution in [2.75, 3.05) is 26.2 Å². The Bertz CT molecular complexity index is 742. The summed E-state index contributed by atoms with van der Waals surface area (Å²) in [5, 5.41) is 5.35. The van der Waals surface area contributed by atoms with Crippen LogP contribution in [0.5, 0.6) is 5.75 Å². The van der Waals surface area contributed by atoms with E-state index in [0.29, 0.717) is 5.75 Å². The number of unbranched alkanes of at least 4 members (excludes halogenated alkanes) is 1. The summed E-state index contributed by atoms with van der Waals surface area (Å²) in [6.45, 7) is 5.59. The maximum absolute atomic E-state index is 12.2. The van der Waals surface area contributed by atoms with Crippen LogP contribution in [0.25, 0.3) is 10.8 Å². The van der Waals surface area contributed by atoms with E-state index >= 15 is 0 Å². The predicted octanol–water partition coefficient (Wildman–Crippen LogP) is 4.36. The quantitative estimate of drug-likeness (QED) is 0.725. The van der Waals surface area contributed by atoms with Crippen molar-refractivity contribution in [1.29, 1.82) is 0 Å². The number of nitrogens with zero attached hydrogens (tertiary/aromatic N) is 1. The lowest BCUT2D eigenvalue weighted by Crippen LogP contribution is -2.46. The van der Waals surface area contributed by atoms with Crippen molar-refractivity contribution in [1.82, 2.24) is 10.2 Å². The van der Waals surface area contributed by atoms with Crippen molar-refractivity contribution in [3.05, 3.63) is 40.9 Å². The summed E-state index contributed by atoms with van der Waals surface area (Å²) in [6.07, 6.45) is 4.54. The Hall–Kier alpha value is -1.59. The second-order valence-electron chi connectivity index (χ2n) is 6.92. The van der Waals surface area contributed by atoms with Gasteiger partial charge in [-0.25, -0.2) is 0 Å². The van der Waals surface area contributed by atoms with E-state index in [9.17, 15) is 4.79 Å². The third-order valence-electron chi connectivity index (χ3n) is 4.97. The molecule has 1 aliphatic rings. The van der Waals surface area contributed by atoms with Crippen LogP contribution in [0.3, 0.4) is 0 Å². The number of rotatable bonds is 7. The van der Waals surface area contributed by atoms with Gasteiger partial charge in [0.2, 0.25) is 0 Å². The first-order valence-electron chi connectivity index (χ1n) is 9.49. The summed E-state index contributed by atoms with van der Waals surface area (Å²) < 4.78 is 6.65. The molecule has 3 rings (SSSR count). The van der Waals surface area contributed by atoms with E-state index in [2.05, 4.69) is 39.1 Å². The van der Waals surface area contributed by atoms with E-state index in [1.54, 1.807) is 0 Å². The molecule has 0 unspecified atom stereocenters. The number of carbonyl (C=O) groups excluding carboxylic acids is 1. The Balaban J connectivity index is 1.47. The molecule has 4 nitrogen and oxygen atoms in total. The van der Waals surface area contributed by atoms with Crippen molar-refractivity contribution >= 4 is 32.6 Å². The lowest BCUT2D eigenvalue weighted by Gasteiger charge is -2.32. The van der Waals surface area contributed by atoms with Crippen LogP contribution in [-0.4, -0.2) is 43.1 Å². The molecule has 0 radical (unpaired) electrons. The minimum absolute atomic E-state index is 0.0444. The maximum Gasteiger partial charge on any atom is 0.258 e. The molecule has 1 aliphatic heterocycles. The number of carbonyl (C=O) groups is 1. The van der Waals surface area contributed by atoms with Crippen molar-refractivity contribution in [3.63, 3.8) is 0 Å². The van der Waals surface area contributed by atoms with Gasteiger partial charge in [-0.05, 0) is 58.6 Å². The second kappa shape index (κ2) is 9.38. The molecule has 0 aliphatic carbocycles. The zero-order valence-corrected chi connectivity index (χ0v) is 16.9. The Labute approximate surface area is 164 Å². The molecule has 5 heteroatoms. The lowest BCUT2D eigenvalue weighted by molar-refractivity contribution is -0.124. The highest BCUT2D eigenvalue weighted by atomic mass is 79.9. The molecule has 1 heterocycles. The monoisotopic (exact) mass is 418 g/mol. The molecule has 1 amide bonds. The number of fused-ring (bicyclic) bond motifs is 1. The van der Waals surface area contributed by atoms with Crippen LogP contribution in [-0.2, 0) is 4.79 Å². The van der Waals surface area contributed by atoms with E-state index < -0.39 is 0 Å². The van der Waals surface area contributed by atoms with Gasteiger partial charge in [-0.15, -0.1) is 0 Å². The number of ether oxygens (including phenoxy) is 1. The number of benzene rings is 2. The van der Waals surface area contributed by atoms with Crippen molar-refractivity contribution in [3.8, 4) is 5.75 Å². The van der Waals surface area contributed by atoms with Gasteiger partial charge in [0.1, 0.15) is 5.75 Å². The molecular formula is C21H27BrN2O2. The first kappa shape index (κ1) is 19.2. The predicted molar refractivity (Wildman–Crippen MR) is 110 cm³/mol. The minimum atomic E-state index is -0.0444. The zero-order chi connectivity index (χ0) is 18.4. The number of likely N-dealkylation sites (tertiary alicyclic amines) is 1. The van der Waals surface area contributed by atoms with E-state index in [1.165, 1.54) is 19.4 Å². The third kappa shape index (κ3) is 4.98. The molecule has 0 saturated carbocycles. The molecule has 140 valence electrons. The molecule has 1 N–H and O–H groups in total. The molecule has 2 aromatic rings. The molecule has 0 spiro atoms. The molecule has 1 fully saturated rings. The van der Waals surface area contributed by atoms with Gasteiger partial charge >= 0.3 is 0 Å². The van der Waals surface area contributed by atoms with Gasteiger partial charge in [-0.1, -0.05) is 43.7 Å². The molecule has 0 aromatic heterocycles. The summed E-state index contributed by atoms with van der Waals surface area (Å²) in [7, 11) is 0. The topological polar surface area (TPSA) is 41.6 Å². The summed E-state index contributed by atoms with van der Waals surface area (Å²) >= 11 is 3.60. The molecule has 0 atom stereocenters. The minimum Gasteiger partial charge on any atom is -0.483 e. The van der Waals surface area contributed by atoms with Gasteiger partial charge in [-0.2, -0.15) is 0 Å². The number of halogens is 1. The number of hydrogen-bond donors (Lipinski definition) is 1. The maximum atomic E-state index is 12.2. The number of amides is 1. The average Bonchev–Trinajstić information content (AvgIpc) is 2.67. The van der Waals surface area contributed by atoms with E-state index in [1.807, 2.05) is 30.3 Å². The van der Waals surface area contributed by atoms with Gasteiger partial charge in [0.15, 0.2) is 6.61 Å². The Morgan fingerprint density at radius 2 is 2.00 bits per heavy atom. The van der Waals surface area contributed by atoms with Gasteiger partial charge in [0, 0.05) is 19.1 Å². The number of hydrogen-bond acceptors (Lipinski definition) is 3. The van der Waals surface area contributed by atoms with Crippen molar-refractivity contribution in [2.45, 2.75) is 38.6 Å². The summed E-state index contributed by atoms with van der Waals surface area (Å²) in [6, 6.07) is 12.3. The van der Waals surface area contributed by atoms with Crippen LogP contribution in [0.15, 0.2) is 40.9 Å². The highest BCUT2D eigenvalue weighted by molar-refractivity contribution is 9.10. The van der Waals surface area contributed by atoms with Gasteiger partial charge in [-0.3, -0.25) is 4.79 Å². The zero-order valence-electron chi connectivity index (χ0n) is 15.3. The van der Waals surface area contributed by atoms with E-state index in [-0.39, 0.29) is 18.6 Å². The summed E-state index contributed by atoms with van der Waals surface area (Å²) in [5.74, 6) is 0.658. The first-order chi connectivity index (χ1) is 12.7. The third-order valence-corrected chi connectivity index (χ3v) is 5.79. The fourth-order valence-corrected chi connectivity index (χ4v) is 4.03. The number of nitrogens with one attached hydrogen (secondary N) is 1. The van der Waals surface area contributed by atoms with Crippen LogP contribution in [0, 0.1) is 0 Å². The largest absolute Gasteiger partial charge is 0.483 e. The first-order valence-corrected chi connectivity index (χ1v) is 10.3. The Kier molecular flexibility index (Phi) is 6.92. The van der Waals surface area contributed by atoms with E-state index in [0.717, 1.165) is 41.2 Å². The SMILES string of the molecule is CCCCN1CCC(NC(=O)COc2ccc3ccccc3c2Br)CC1. The molecule has 0 bridgehead atoms. The van der Waals surface area contributed by atoms with Gasteiger partial charge < -0.3 is 15.0 Å². The fraction of sp³-hybridized carbons (Fsp3) is 0.476. The second-order valence-corrected chi connectivity index (χ2v) is 7.72. The van der Waals surface area contributed by atoms with Gasteiger partial charge in [0.05, 0.1) is 4.47 Å². The van der Waals surface area contributed by atoms with Crippen molar-refractivity contribution in [2.24, 2.45) is 0 Å². The van der Waals surface area contributed by atoms with Gasteiger partial charge in [0.25, 0.3) is 5.91 Å². The fourth-order valence-electron chi connectivity index (χ4n) is 3.42. The van der Waals surface area contributed by atoms with Crippen LogP contribution < -0.4 is 10.1 Å². The average molecular weight is 419 g/mol. The smallest absolute Gasteiger partial charge is 0.258 e. The molecule has 1 saturated heterocycles. The summed E-state index contributed by atoms with van der Waals surface area (Å²) in [5.41, 5.74) is 0.